The second kappa shape index (κ2) is 6.75. The van der Waals surface area contributed by atoms with Crippen LogP contribution >= 0.6 is 0 Å². The molecule has 0 radical (unpaired) electrons. The number of rotatable bonds is 5. The van der Waals surface area contributed by atoms with Gasteiger partial charge in [-0.05, 0) is 24.5 Å². The van der Waals surface area contributed by atoms with Gasteiger partial charge >= 0.3 is 0 Å². The molecular formula is C20H24N4. The van der Waals surface area contributed by atoms with E-state index >= 15 is 0 Å². The minimum Gasteiger partial charge on any atom is -0.309 e. The van der Waals surface area contributed by atoms with Crippen molar-refractivity contribution >= 4 is 10.9 Å². The van der Waals surface area contributed by atoms with Crippen LogP contribution in [0.1, 0.15) is 30.5 Å². The van der Waals surface area contributed by atoms with Crippen molar-refractivity contribution in [2.75, 3.05) is 13.1 Å². The lowest BCUT2D eigenvalue weighted by molar-refractivity contribution is 0.255. The van der Waals surface area contributed by atoms with Gasteiger partial charge < -0.3 is 5.32 Å². The number of para-hydroxylation sites is 1. The Morgan fingerprint density at radius 1 is 1.21 bits per heavy atom. The third-order valence-corrected chi connectivity index (χ3v) is 5.19. The third kappa shape index (κ3) is 3.07. The quantitative estimate of drug-likeness (QED) is 0.756. The van der Waals surface area contributed by atoms with Crippen LogP contribution in [-0.4, -0.2) is 34.2 Å². The fourth-order valence-corrected chi connectivity index (χ4v) is 3.68. The minimum absolute atomic E-state index is 0.481. The second-order valence-corrected chi connectivity index (χ2v) is 6.70. The van der Waals surface area contributed by atoms with Crippen LogP contribution in [0.15, 0.2) is 54.7 Å². The summed E-state index contributed by atoms with van der Waals surface area (Å²) in [5, 5.41) is 12.2. The first-order chi connectivity index (χ1) is 11.8. The fraction of sp³-hybridized carbons (Fsp3) is 0.350. The Labute approximate surface area is 142 Å². The number of hydrogen-bond acceptors (Lipinski definition) is 3. The molecule has 1 aliphatic rings. The van der Waals surface area contributed by atoms with Crippen LogP contribution in [-0.2, 0) is 6.54 Å². The van der Waals surface area contributed by atoms with E-state index in [4.69, 9.17) is 0 Å². The summed E-state index contributed by atoms with van der Waals surface area (Å²) in [5.41, 5.74) is 3.84. The van der Waals surface area contributed by atoms with Gasteiger partial charge in [0.05, 0.1) is 11.7 Å². The van der Waals surface area contributed by atoms with Crippen LogP contribution in [0.25, 0.3) is 10.9 Å². The molecule has 0 bridgehead atoms. The molecule has 2 atom stereocenters. The van der Waals surface area contributed by atoms with Crippen molar-refractivity contribution in [2.24, 2.45) is 0 Å². The summed E-state index contributed by atoms with van der Waals surface area (Å²) in [6, 6.07) is 18.2. The van der Waals surface area contributed by atoms with Gasteiger partial charge in [-0.3, -0.25) is 10.00 Å². The maximum atomic E-state index is 4.15. The van der Waals surface area contributed by atoms with Crippen molar-refractivity contribution in [3.05, 3.63) is 65.9 Å². The molecule has 1 saturated heterocycles. The zero-order chi connectivity index (χ0) is 16.4. The molecule has 2 aromatic carbocycles. The molecule has 3 aromatic rings. The van der Waals surface area contributed by atoms with Gasteiger partial charge in [-0.15, -0.1) is 0 Å². The molecule has 2 N–H and O–H groups in total. The molecule has 0 aliphatic carbocycles. The van der Waals surface area contributed by atoms with Crippen LogP contribution < -0.4 is 5.32 Å². The van der Waals surface area contributed by atoms with Gasteiger partial charge in [0.25, 0.3) is 0 Å². The van der Waals surface area contributed by atoms with E-state index in [1.54, 1.807) is 0 Å². The standard InChI is InChI=1S/C20H24N4/c1-15(16-6-3-2-4-7-16)24-11-10-19(14-24)21-12-17-8-5-9-18-13-22-23-20(17)18/h2-9,13,15,19,21H,10-12,14H2,1H3,(H,22,23). The molecule has 1 fully saturated rings. The Hall–Kier alpha value is -2.17. The van der Waals surface area contributed by atoms with Crippen LogP contribution in [0.2, 0.25) is 0 Å². The summed E-state index contributed by atoms with van der Waals surface area (Å²) in [5.74, 6) is 0. The summed E-state index contributed by atoms with van der Waals surface area (Å²) in [6.45, 7) is 5.46. The van der Waals surface area contributed by atoms with E-state index in [-0.39, 0.29) is 0 Å². The molecule has 4 rings (SSSR count). The van der Waals surface area contributed by atoms with Gasteiger partial charge in [-0.25, -0.2) is 0 Å². The van der Waals surface area contributed by atoms with Crippen LogP contribution in [0, 0.1) is 0 Å². The van der Waals surface area contributed by atoms with Crippen LogP contribution in [0.5, 0.6) is 0 Å². The van der Waals surface area contributed by atoms with E-state index in [0.717, 1.165) is 25.2 Å². The fourth-order valence-electron chi connectivity index (χ4n) is 3.68. The maximum absolute atomic E-state index is 4.15. The average Bonchev–Trinajstić information content (AvgIpc) is 3.29. The zero-order valence-corrected chi connectivity index (χ0v) is 14.1. The predicted octanol–water partition coefficient (Wildman–Crippen LogP) is 3.49. The van der Waals surface area contributed by atoms with Crippen molar-refractivity contribution < 1.29 is 0 Å². The molecule has 1 aliphatic heterocycles. The average molecular weight is 320 g/mol. The second-order valence-electron chi connectivity index (χ2n) is 6.70. The Morgan fingerprint density at radius 2 is 2.08 bits per heavy atom. The summed E-state index contributed by atoms with van der Waals surface area (Å²) in [4.78, 5) is 2.57. The smallest absolute Gasteiger partial charge is 0.0695 e. The van der Waals surface area contributed by atoms with Crippen molar-refractivity contribution in [1.29, 1.82) is 0 Å². The van der Waals surface area contributed by atoms with Crippen LogP contribution in [0.3, 0.4) is 0 Å². The van der Waals surface area contributed by atoms with Gasteiger partial charge in [-0.1, -0.05) is 48.5 Å². The number of nitrogens with zero attached hydrogens (tertiary/aromatic N) is 2. The Kier molecular flexibility index (Phi) is 4.32. The number of likely N-dealkylation sites (tertiary alicyclic amines) is 1. The van der Waals surface area contributed by atoms with E-state index in [2.05, 4.69) is 75.9 Å². The Morgan fingerprint density at radius 3 is 2.96 bits per heavy atom. The molecule has 0 saturated carbocycles. The molecule has 2 heterocycles. The lowest BCUT2D eigenvalue weighted by Gasteiger charge is -2.25. The number of aromatic amines is 1. The third-order valence-electron chi connectivity index (χ3n) is 5.19. The highest BCUT2D eigenvalue weighted by Crippen LogP contribution is 2.25. The first-order valence-corrected chi connectivity index (χ1v) is 8.74. The molecule has 2 unspecified atom stereocenters. The molecule has 1 aromatic heterocycles. The molecule has 24 heavy (non-hydrogen) atoms. The minimum atomic E-state index is 0.481. The predicted molar refractivity (Wildman–Crippen MR) is 97.8 cm³/mol. The van der Waals surface area contributed by atoms with Crippen LogP contribution in [0.4, 0.5) is 0 Å². The highest BCUT2D eigenvalue weighted by Gasteiger charge is 2.26. The van der Waals surface area contributed by atoms with Crippen molar-refractivity contribution in [2.45, 2.75) is 32.0 Å². The van der Waals surface area contributed by atoms with E-state index in [0.29, 0.717) is 12.1 Å². The van der Waals surface area contributed by atoms with Gasteiger partial charge in [-0.2, -0.15) is 5.10 Å². The lowest BCUT2D eigenvalue weighted by atomic mass is 10.1. The highest BCUT2D eigenvalue weighted by atomic mass is 15.2. The zero-order valence-electron chi connectivity index (χ0n) is 14.1. The van der Waals surface area contributed by atoms with Gasteiger partial charge in [0.1, 0.15) is 0 Å². The Bertz CT molecular complexity index is 796. The summed E-state index contributed by atoms with van der Waals surface area (Å²) >= 11 is 0. The first kappa shape index (κ1) is 15.4. The van der Waals surface area contributed by atoms with Gasteiger partial charge in [0.2, 0.25) is 0 Å². The Balaban J connectivity index is 1.37. The van der Waals surface area contributed by atoms with E-state index in [9.17, 15) is 0 Å². The number of nitrogens with one attached hydrogen (secondary N) is 2. The van der Waals surface area contributed by atoms with E-state index in [1.807, 2.05) is 6.20 Å². The van der Waals surface area contributed by atoms with E-state index in [1.165, 1.54) is 22.9 Å². The molecule has 4 nitrogen and oxygen atoms in total. The number of fused-ring (bicyclic) bond motifs is 1. The van der Waals surface area contributed by atoms with E-state index < -0.39 is 0 Å². The molecular weight excluding hydrogens is 296 g/mol. The normalized spacial score (nSPS) is 19.8. The van der Waals surface area contributed by atoms with Crippen molar-refractivity contribution in [3.8, 4) is 0 Å². The molecule has 4 heteroatoms. The van der Waals surface area contributed by atoms with Crippen molar-refractivity contribution in [3.63, 3.8) is 0 Å². The highest BCUT2D eigenvalue weighted by molar-refractivity contribution is 5.81. The summed E-state index contributed by atoms with van der Waals surface area (Å²) in [6.07, 6.45) is 3.09. The lowest BCUT2D eigenvalue weighted by Crippen LogP contribution is -2.33. The molecule has 124 valence electrons. The number of benzene rings is 2. The number of H-pyrrole nitrogens is 1. The van der Waals surface area contributed by atoms with Gasteiger partial charge in [0.15, 0.2) is 0 Å². The number of hydrogen-bond donors (Lipinski definition) is 2. The SMILES string of the molecule is CC(c1ccccc1)N1CCC(NCc2cccc3cn[nH]c23)C1. The number of aromatic nitrogens is 2. The molecule has 0 spiro atoms. The maximum Gasteiger partial charge on any atom is 0.0695 e. The first-order valence-electron chi connectivity index (χ1n) is 8.74. The monoisotopic (exact) mass is 320 g/mol. The summed E-state index contributed by atoms with van der Waals surface area (Å²) < 4.78 is 0. The molecule has 0 amide bonds. The topological polar surface area (TPSA) is 44.0 Å². The largest absolute Gasteiger partial charge is 0.309 e. The van der Waals surface area contributed by atoms with Gasteiger partial charge in [0, 0.05) is 37.1 Å². The van der Waals surface area contributed by atoms with Crippen molar-refractivity contribution in [1.82, 2.24) is 20.4 Å². The summed E-state index contributed by atoms with van der Waals surface area (Å²) in [7, 11) is 0.